The molecule has 1 saturated heterocycles. The summed E-state index contributed by atoms with van der Waals surface area (Å²) in [4.78, 5) is 15.1. The molecule has 0 bridgehead atoms. The summed E-state index contributed by atoms with van der Waals surface area (Å²) in [5.41, 5.74) is 2.20. The third-order valence-corrected chi connectivity index (χ3v) is 5.59. The van der Waals surface area contributed by atoms with Gasteiger partial charge in [-0.3, -0.25) is 4.79 Å². The molecular weight excluding hydrogens is 352 g/mol. The SMILES string of the molecule is O=C(C[C@@H](c1ccccc1)c1ccc2c(c1)OCO2)NCCN1CCCCC1. The Morgan fingerprint density at radius 3 is 2.57 bits per heavy atom. The van der Waals surface area contributed by atoms with Crippen molar-refractivity contribution in [3.05, 3.63) is 59.7 Å². The van der Waals surface area contributed by atoms with Gasteiger partial charge in [0.1, 0.15) is 0 Å². The smallest absolute Gasteiger partial charge is 0.231 e. The predicted octanol–water partition coefficient (Wildman–Crippen LogP) is 3.54. The number of piperidine rings is 1. The lowest BCUT2D eigenvalue weighted by molar-refractivity contribution is -0.121. The maximum Gasteiger partial charge on any atom is 0.231 e. The summed E-state index contributed by atoms with van der Waals surface area (Å²) in [5.74, 6) is 1.60. The molecule has 0 radical (unpaired) electrons. The maximum absolute atomic E-state index is 12.7. The molecule has 0 saturated carbocycles. The van der Waals surface area contributed by atoms with Gasteiger partial charge in [-0.15, -0.1) is 0 Å². The highest BCUT2D eigenvalue weighted by atomic mass is 16.7. The predicted molar refractivity (Wildman–Crippen MR) is 109 cm³/mol. The maximum atomic E-state index is 12.7. The van der Waals surface area contributed by atoms with Crippen molar-refractivity contribution in [1.82, 2.24) is 10.2 Å². The zero-order valence-electron chi connectivity index (χ0n) is 16.2. The molecule has 28 heavy (non-hydrogen) atoms. The molecule has 2 aromatic rings. The molecule has 2 aliphatic heterocycles. The summed E-state index contributed by atoms with van der Waals surface area (Å²) in [5, 5.41) is 3.12. The Morgan fingerprint density at radius 2 is 1.75 bits per heavy atom. The van der Waals surface area contributed by atoms with Crippen LogP contribution in [0.1, 0.15) is 42.7 Å². The molecule has 5 nitrogen and oxygen atoms in total. The number of nitrogens with zero attached hydrogens (tertiary/aromatic N) is 1. The fourth-order valence-electron chi connectivity index (χ4n) is 4.04. The molecular formula is C23H28N2O3. The molecule has 2 aliphatic rings. The lowest BCUT2D eigenvalue weighted by atomic mass is 9.88. The van der Waals surface area contributed by atoms with Gasteiger partial charge in [0.2, 0.25) is 12.7 Å². The molecule has 2 heterocycles. The van der Waals surface area contributed by atoms with Crippen molar-refractivity contribution in [3.63, 3.8) is 0 Å². The number of amides is 1. The first-order valence-corrected chi connectivity index (χ1v) is 10.2. The fraction of sp³-hybridized carbons (Fsp3) is 0.435. The number of benzene rings is 2. The molecule has 148 valence electrons. The Hall–Kier alpha value is -2.53. The monoisotopic (exact) mass is 380 g/mol. The second kappa shape index (κ2) is 9.11. The first kappa shape index (κ1) is 18.8. The van der Waals surface area contributed by atoms with Crippen LogP contribution in [0.5, 0.6) is 11.5 Å². The summed E-state index contributed by atoms with van der Waals surface area (Å²) in [7, 11) is 0. The van der Waals surface area contributed by atoms with E-state index < -0.39 is 0 Å². The van der Waals surface area contributed by atoms with Gasteiger partial charge >= 0.3 is 0 Å². The molecule has 1 atom stereocenters. The summed E-state index contributed by atoms with van der Waals surface area (Å²) in [6.45, 7) is 4.21. The van der Waals surface area contributed by atoms with Gasteiger partial charge in [-0.05, 0) is 49.2 Å². The largest absolute Gasteiger partial charge is 0.454 e. The second-order valence-electron chi connectivity index (χ2n) is 7.53. The van der Waals surface area contributed by atoms with E-state index in [0.29, 0.717) is 13.0 Å². The Kier molecular flexibility index (Phi) is 6.12. The highest BCUT2D eigenvalue weighted by molar-refractivity contribution is 5.77. The highest BCUT2D eigenvalue weighted by Gasteiger charge is 2.22. The van der Waals surface area contributed by atoms with Gasteiger partial charge in [-0.25, -0.2) is 0 Å². The van der Waals surface area contributed by atoms with Gasteiger partial charge in [0.25, 0.3) is 0 Å². The first-order valence-electron chi connectivity index (χ1n) is 10.2. The average molecular weight is 380 g/mol. The van der Waals surface area contributed by atoms with E-state index >= 15 is 0 Å². The summed E-state index contributed by atoms with van der Waals surface area (Å²) in [6.07, 6.45) is 4.29. The Bertz CT molecular complexity index is 788. The molecule has 1 N–H and O–H groups in total. The van der Waals surface area contributed by atoms with Crippen LogP contribution in [0.25, 0.3) is 0 Å². The molecule has 0 unspecified atom stereocenters. The van der Waals surface area contributed by atoms with Gasteiger partial charge in [0, 0.05) is 25.4 Å². The number of carbonyl (C=O) groups excluding carboxylic acids is 1. The molecule has 4 rings (SSSR count). The van der Waals surface area contributed by atoms with Crippen molar-refractivity contribution >= 4 is 5.91 Å². The zero-order chi connectivity index (χ0) is 19.2. The number of ether oxygens (including phenoxy) is 2. The standard InChI is InChI=1S/C23H28N2O3/c26-23(24-11-14-25-12-5-2-6-13-25)16-20(18-7-3-1-4-8-18)19-9-10-21-22(15-19)28-17-27-21/h1,3-4,7-10,15,20H,2,5-6,11-14,16-17H2,(H,24,26)/t20-/m0/s1. The van der Waals surface area contributed by atoms with Crippen molar-refractivity contribution in [1.29, 1.82) is 0 Å². The van der Waals surface area contributed by atoms with Gasteiger partial charge in [0.05, 0.1) is 0 Å². The number of likely N-dealkylation sites (tertiary alicyclic amines) is 1. The first-order chi connectivity index (χ1) is 13.8. The van der Waals surface area contributed by atoms with Crippen molar-refractivity contribution in [2.75, 3.05) is 33.0 Å². The summed E-state index contributed by atoms with van der Waals surface area (Å²) >= 11 is 0. The third kappa shape index (κ3) is 4.65. The van der Waals surface area contributed by atoms with Gasteiger partial charge in [-0.2, -0.15) is 0 Å². The van der Waals surface area contributed by atoms with E-state index in [1.165, 1.54) is 19.3 Å². The molecule has 1 fully saturated rings. The van der Waals surface area contributed by atoms with E-state index in [-0.39, 0.29) is 18.6 Å². The Morgan fingerprint density at radius 1 is 0.964 bits per heavy atom. The van der Waals surface area contributed by atoms with Crippen LogP contribution in [-0.4, -0.2) is 43.8 Å². The fourth-order valence-corrected chi connectivity index (χ4v) is 4.04. The molecule has 2 aromatic carbocycles. The number of hydrogen-bond donors (Lipinski definition) is 1. The van der Waals surface area contributed by atoms with Crippen LogP contribution in [0.2, 0.25) is 0 Å². The van der Waals surface area contributed by atoms with Crippen LogP contribution in [-0.2, 0) is 4.79 Å². The molecule has 5 heteroatoms. The summed E-state index contributed by atoms with van der Waals surface area (Å²) < 4.78 is 11.0. The number of rotatable bonds is 7. The number of fused-ring (bicyclic) bond motifs is 1. The minimum Gasteiger partial charge on any atom is -0.454 e. The van der Waals surface area contributed by atoms with E-state index in [1.807, 2.05) is 36.4 Å². The topological polar surface area (TPSA) is 50.8 Å². The van der Waals surface area contributed by atoms with E-state index in [1.54, 1.807) is 0 Å². The Labute approximate surface area is 166 Å². The van der Waals surface area contributed by atoms with E-state index in [4.69, 9.17) is 9.47 Å². The lowest BCUT2D eigenvalue weighted by Gasteiger charge is -2.26. The van der Waals surface area contributed by atoms with Crippen molar-refractivity contribution < 1.29 is 14.3 Å². The van der Waals surface area contributed by atoms with Crippen molar-refractivity contribution in [2.24, 2.45) is 0 Å². The van der Waals surface area contributed by atoms with E-state index in [0.717, 1.165) is 42.3 Å². The molecule has 0 aliphatic carbocycles. The Balaban J connectivity index is 1.41. The number of nitrogens with one attached hydrogen (secondary N) is 1. The van der Waals surface area contributed by atoms with Crippen LogP contribution in [0.15, 0.2) is 48.5 Å². The van der Waals surface area contributed by atoms with Crippen LogP contribution < -0.4 is 14.8 Å². The van der Waals surface area contributed by atoms with Crippen LogP contribution in [0, 0.1) is 0 Å². The van der Waals surface area contributed by atoms with Gasteiger partial charge < -0.3 is 19.7 Å². The molecule has 0 aromatic heterocycles. The third-order valence-electron chi connectivity index (χ3n) is 5.59. The van der Waals surface area contributed by atoms with Crippen LogP contribution >= 0.6 is 0 Å². The van der Waals surface area contributed by atoms with Gasteiger partial charge in [-0.1, -0.05) is 42.8 Å². The van der Waals surface area contributed by atoms with Crippen molar-refractivity contribution in [3.8, 4) is 11.5 Å². The van der Waals surface area contributed by atoms with Crippen molar-refractivity contribution in [2.45, 2.75) is 31.6 Å². The number of hydrogen-bond acceptors (Lipinski definition) is 4. The highest BCUT2D eigenvalue weighted by Crippen LogP contribution is 2.37. The minimum absolute atomic E-state index is 0.00862. The molecule has 1 amide bonds. The zero-order valence-corrected chi connectivity index (χ0v) is 16.2. The molecule has 0 spiro atoms. The van der Waals surface area contributed by atoms with E-state index in [2.05, 4.69) is 22.3 Å². The average Bonchev–Trinajstić information content (AvgIpc) is 3.21. The normalized spacial score (nSPS) is 17.3. The quantitative estimate of drug-likeness (QED) is 0.798. The number of carbonyl (C=O) groups is 1. The van der Waals surface area contributed by atoms with Gasteiger partial charge in [0.15, 0.2) is 11.5 Å². The summed E-state index contributed by atoms with van der Waals surface area (Å²) in [6, 6.07) is 16.2. The van der Waals surface area contributed by atoms with Crippen LogP contribution in [0.3, 0.4) is 0 Å². The second-order valence-corrected chi connectivity index (χ2v) is 7.53. The minimum atomic E-state index is -0.00862. The van der Waals surface area contributed by atoms with E-state index in [9.17, 15) is 4.79 Å². The lowest BCUT2D eigenvalue weighted by Crippen LogP contribution is -2.38. The van der Waals surface area contributed by atoms with Crippen LogP contribution in [0.4, 0.5) is 0 Å².